The summed E-state index contributed by atoms with van der Waals surface area (Å²) in [7, 11) is -0.937. The van der Waals surface area contributed by atoms with E-state index in [0.29, 0.717) is 0 Å². The van der Waals surface area contributed by atoms with Crippen molar-refractivity contribution >= 4 is 24.0 Å². The van der Waals surface area contributed by atoms with Gasteiger partial charge in [-0.2, -0.15) is 0 Å². The highest BCUT2D eigenvalue weighted by molar-refractivity contribution is 9.10. The minimum absolute atomic E-state index is 0.734. The molecule has 1 aromatic rings. The fraction of sp³-hybridized carbons (Fsp3) is 0.500. The summed E-state index contributed by atoms with van der Waals surface area (Å²) in [5.74, 6) is 0. The summed E-state index contributed by atoms with van der Waals surface area (Å²) in [4.78, 5) is 0. The fourth-order valence-corrected chi connectivity index (χ4v) is 2.17. The highest BCUT2D eigenvalue weighted by Gasteiger charge is 2.11. The van der Waals surface area contributed by atoms with Crippen molar-refractivity contribution in [2.45, 2.75) is 32.3 Å². The van der Waals surface area contributed by atoms with E-state index in [1.54, 1.807) is 0 Å². The van der Waals surface area contributed by atoms with Crippen molar-refractivity contribution in [1.29, 1.82) is 0 Å². The van der Waals surface area contributed by atoms with Crippen LogP contribution in [0.3, 0.4) is 0 Å². The first kappa shape index (κ1) is 12.9. The van der Waals surface area contributed by atoms with Crippen LogP contribution in [0.5, 0.6) is 0 Å². The first-order chi connectivity index (χ1) is 6.97. The van der Waals surface area contributed by atoms with Crippen LogP contribution >= 0.6 is 15.9 Å². The van der Waals surface area contributed by atoms with Crippen molar-refractivity contribution in [3.8, 4) is 0 Å². The molecule has 0 amide bonds. The Morgan fingerprint density at radius 2 is 1.73 bits per heavy atom. The van der Waals surface area contributed by atoms with Crippen LogP contribution < -0.4 is 0 Å². The molecule has 0 saturated heterocycles. The minimum atomic E-state index is -0.937. The molecular formula is C12H19BrOSi. The quantitative estimate of drug-likeness (QED) is 0.579. The van der Waals surface area contributed by atoms with Crippen LogP contribution in [0.1, 0.15) is 5.56 Å². The van der Waals surface area contributed by atoms with E-state index in [1.807, 2.05) is 0 Å². The van der Waals surface area contributed by atoms with Gasteiger partial charge in [0.2, 0.25) is 0 Å². The van der Waals surface area contributed by atoms with Gasteiger partial charge in [0.1, 0.15) is 0 Å². The van der Waals surface area contributed by atoms with Gasteiger partial charge in [0.05, 0.1) is 6.61 Å². The van der Waals surface area contributed by atoms with Gasteiger partial charge in [0.15, 0.2) is 0 Å². The maximum Gasteiger partial charge on any atom is 0.0716 e. The molecule has 84 valence electrons. The molecule has 0 aliphatic heterocycles. The standard InChI is InChI=1S/C12H19BrOSi/c1-15(2,3)9-8-14-10-11-4-6-12(13)7-5-11/h4-7H,8-10H2,1-3H3. The highest BCUT2D eigenvalue weighted by atomic mass is 79.9. The lowest BCUT2D eigenvalue weighted by molar-refractivity contribution is 0.133. The Morgan fingerprint density at radius 3 is 2.27 bits per heavy atom. The van der Waals surface area contributed by atoms with Crippen LogP contribution in [-0.2, 0) is 11.3 Å². The predicted molar refractivity (Wildman–Crippen MR) is 72.0 cm³/mol. The zero-order chi connectivity index (χ0) is 11.3. The summed E-state index contributed by atoms with van der Waals surface area (Å²) in [6, 6.07) is 9.54. The topological polar surface area (TPSA) is 9.23 Å². The van der Waals surface area contributed by atoms with E-state index in [1.165, 1.54) is 11.6 Å². The average molecular weight is 287 g/mol. The molecule has 0 N–H and O–H groups in total. The molecule has 0 saturated carbocycles. The van der Waals surface area contributed by atoms with E-state index in [9.17, 15) is 0 Å². The van der Waals surface area contributed by atoms with E-state index < -0.39 is 8.07 Å². The van der Waals surface area contributed by atoms with Crippen LogP contribution in [-0.4, -0.2) is 14.7 Å². The largest absolute Gasteiger partial charge is 0.377 e. The summed E-state index contributed by atoms with van der Waals surface area (Å²) in [6.07, 6.45) is 0. The van der Waals surface area contributed by atoms with Crippen LogP contribution in [0.25, 0.3) is 0 Å². The van der Waals surface area contributed by atoms with E-state index in [-0.39, 0.29) is 0 Å². The smallest absolute Gasteiger partial charge is 0.0716 e. The van der Waals surface area contributed by atoms with Gasteiger partial charge in [-0.15, -0.1) is 0 Å². The molecule has 1 nitrogen and oxygen atoms in total. The van der Waals surface area contributed by atoms with Crippen molar-refractivity contribution in [1.82, 2.24) is 0 Å². The van der Waals surface area contributed by atoms with Gasteiger partial charge in [-0.3, -0.25) is 0 Å². The Labute approximate surface area is 102 Å². The SMILES string of the molecule is C[Si](C)(C)CCOCc1ccc(Br)cc1. The van der Waals surface area contributed by atoms with E-state index in [0.717, 1.165) is 17.7 Å². The lowest BCUT2D eigenvalue weighted by Gasteiger charge is -2.15. The maximum atomic E-state index is 5.66. The van der Waals surface area contributed by atoms with Crippen LogP contribution in [0.4, 0.5) is 0 Å². The van der Waals surface area contributed by atoms with E-state index >= 15 is 0 Å². The Balaban J connectivity index is 2.23. The second-order valence-electron chi connectivity index (χ2n) is 4.99. The number of rotatable bonds is 5. The lowest BCUT2D eigenvalue weighted by atomic mass is 10.2. The third-order valence-corrected chi connectivity index (χ3v) is 4.41. The molecule has 15 heavy (non-hydrogen) atoms. The molecule has 0 bridgehead atoms. The molecule has 1 rings (SSSR count). The lowest BCUT2D eigenvalue weighted by Crippen LogP contribution is -2.21. The molecule has 0 aliphatic rings. The van der Waals surface area contributed by atoms with Crippen LogP contribution in [0, 0.1) is 0 Å². The normalized spacial score (nSPS) is 11.7. The molecule has 0 heterocycles. The number of hydrogen-bond acceptors (Lipinski definition) is 1. The molecule has 1 aromatic carbocycles. The number of ether oxygens (including phenoxy) is 1. The Morgan fingerprint density at radius 1 is 1.13 bits per heavy atom. The molecule has 3 heteroatoms. The Hall–Kier alpha value is -0.123. The molecular weight excluding hydrogens is 268 g/mol. The first-order valence-electron chi connectivity index (χ1n) is 5.29. The number of halogens is 1. The second-order valence-corrected chi connectivity index (χ2v) is 11.5. The van der Waals surface area contributed by atoms with E-state index in [4.69, 9.17) is 4.74 Å². The summed E-state index contributed by atoms with van der Waals surface area (Å²) in [5.41, 5.74) is 1.24. The molecule has 0 aliphatic carbocycles. The molecule has 0 atom stereocenters. The average Bonchev–Trinajstić information content (AvgIpc) is 2.14. The predicted octanol–water partition coefficient (Wildman–Crippen LogP) is 4.30. The summed E-state index contributed by atoms with van der Waals surface area (Å²) >= 11 is 3.42. The molecule has 0 fully saturated rings. The molecule has 0 aromatic heterocycles. The van der Waals surface area contributed by atoms with Crippen molar-refractivity contribution in [3.05, 3.63) is 34.3 Å². The van der Waals surface area contributed by atoms with Crippen molar-refractivity contribution in [2.75, 3.05) is 6.61 Å². The van der Waals surface area contributed by atoms with Gasteiger partial charge in [0.25, 0.3) is 0 Å². The van der Waals surface area contributed by atoms with E-state index in [2.05, 4.69) is 59.8 Å². The van der Waals surface area contributed by atoms with Crippen LogP contribution in [0.2, 0.25) is 25.7 Å². The van der Waals surface area contributed by atoms with Gasteiger partial charge in [0, 0.05) is 19.2 Å². The van der Waals surface area contributed by atoms with Crippen molar-refractivity contribution < 1.29 is 4.74 Å². The maximum absolute atomic E-state index is 5.66. The van der Waals surface area contributed by atoms with Gasteiger partial charge in [-0.1, -0.05) is 47.7 Å². The van der Waals surface area contributed by atoms with Gasteiger partial charge in [-0.25, -0.2) is 0 Å². The van der Waals surface area contributed by atoms with Crippen LogP contribution in [0.15, 0.2) is 28.7 Å². The zero-order valence-corrected chi connectivity index (χ0v) is 12.3. The Kier molecular flexibility index (Phi) is 5.03. The van der Waals surface area contributed by atoms with Gasteiger partial charge >= 0.3 is 0 Å². The monoisotopic (exact) mass is 286 g/mol. The third kappa shape index (κ3) is 6.13. The van der Waals surface area contributed by atoms with Gasteiger partial charge in [-0.05, 0) is 23.7 Å². The fourth-order valence-electron chi connectivity index (χ4n) is 1.15. The molecule has 0 radical (unpaired) electrons. The minimum Gasteiger partial charge on any atom is -0.377 e. The van der Waals surface area contributed by atoms with Crippen molar-refractivity contribution in [3.63, 3.8) is 0 Å². The first-order valence-corrected chi connectivity index (χ1v) is 9.79. The number of hydrogen-bond donors (Lipinski definition) is 0. The van der Waals surface area contributed by atoms with Crippen molar-refractivity contribution in [2.24, 2.45) is 0 Å². The second kappa shape index (κ2) is 5.82. The van der Waals surface area contributed by atoms with Gasteiger partial charge < -0.3 is 4.74 Å². The Bertz CT molecular complexity index is 289. The zero-order valence-electron chi connectivity index (χ0n) is 9.72. The summed E-state index contributed by atoms with van der Waals surface area (Å²) in [5, 5.41) is 0. The summed E-state index contributed by atoms with van der Waals surface area (Å²) in [6.45, 7) is 8.74. The highest BCUT2D eigenvalue weighted by Crippen LogP contribution is 2.12. The third-order valence-electron chi connectivity index (χ3n) is 2.18. The summed E-state index contributed by atoms with van der Waals surface area (Å²) < 4.78 is 6.77. The molecule has 0 unspecified atom stereocenters. The number of benzene rings is 1. The molecule has 0 spiro atoms.